The van der Waals surface area contributed by atoms with Crippen molar-refractivity contribution in [2.45, 2.75) is 18.0 Å². The number of halogens is 1. The summed E-state index contributed by atoms with van der Waals surface area (Å²) in [6.45, 7) is 0.812. The molecule has 0 atom stereocenters. The van der Waals surface area contributed by atoms with Crippen molar-refractivity contribution in [3.63, 3.8) is 0 Å². The maximum atomic E-state index is 13.0. The highest BCUT2D eigenvalue weighted by atomic mass is 32.2. The van der Waals surface area contributed by atoms with E-state index in [1.54, 1.807) is 30.3 Å². The zero-order valence-electron chi connectivity index (χ0n) is 16.3. The van der Waals surface area contributed by atoms with Gasteiger partial charge in [-0.1, -0.05) is 30.3 Å². The van der Waals surface area contributed by atoms with E-state index in [1.165, 1.54) is 30.5 Å². The first kappa shape index (κ1) is 20.8. The third-order valence-corrected chi connectivity index (χ3v) is 6.14. The zero-order chi connectivity index (χ0) is 20.9. The van der Waals surface area contributed by atoms with Crippen LogP contribution in [-0.4, -0.2) is 26.8 Å². The van der Waals surface area contributed by atoms with Gasteiger partial charge in [-0.2, -0.15) is 0 Å². The van der Waals surface area contributed by atoms with Crippen LogP contribution in [0.1, 0.15) is 11.1 Å². The standard InChI is InChI=1S/C22H23FN2O3S/c1-25(2)29(26,27)22-8-3-5-18(13-22)15-24-20-6-4-7-21(14-20)28-16-17-9-11-19(23)12-10-17/h3-14,24H,15-16H2,1-2H3. The van der Waals surface area contributed by atoms with Gasteiger partial charge in [-0.05, 0) is 47.5 Å². The molecular weight excluding hydrogens is 391 g/mol. The first-order chi connectivity index (χ1) is 13.8. The minimum atomic E-state index is -3.46. The third-order valence-electron chi connectivity index (χ3n) is 4.33. The fourth-order valence-corrected chi connectivity index (χ4v) is 3.65. The van der Waals surface area contributed by atoms with E-state index in [0.29, 0.717) is 18.9 Å². The summed E-state index contributed by atoms with van der Waals surface area (Å²) in [6, 6.07) is 20.5. The van der Waals surface area contributed by atoms with Crippen molar-refractivity contribution >= 4 is 15.7 Å². The Balaban J connectivity index is 1.63. The van der Waals surface area contributed by atoms with Gasteiger partial charge in [0, 0.05) is 32.4 Å². The molecule has 0 unspecified atom stereocenters. The van der Waals surface area contributed by atoms with Gasteiger partial charge < -0.3 is 10.1 Å². The van der Waals surface area contributed by atoms with Crippen LogP contribution < -0.4 is 10.1 Å². The van der Waals surface area contributed by atoms with Gasteiger partial charge in [0.25, 0.3) is 0 Å². The Morgan fingerprint density at radius 3 is 2.38 bits per heavy atom. The molecule has 0 bridgehead atoms. The maximum Gasteiger partial charge on any atom is 0.242 e. The van der Waals surface area contributed by atoms with Crippen molar-refractivity contribution in [1.29, 1.82) is 0 Å². The molecule has 0 aliphatic heterocycles. The number of hydrogen-bond donors (Lipinski definition) is 1. The lowest BCUT2D eigenvalue weighted by atomic mass is 10.2. The van der Waals surface area contributed by atoms with Crippen LogP contribution in [0.2, 0.25) is 0 Å². The maximum absolute atomic E-state index is 13.0. The predicted octanol–water partition coefficient (Wildman–Crippen LogP) is 4.27. The first-order valence-corrected chi connectivity index (χ1v) is 10.5. The topological polar surface area (TPSA) is 58.6 Å². The van der Waals surface area contributed by atoms with Gasteiger partial charge >= 0.3 is 0 Å². The number of rotatable bonds is 8. The van der Waals surface area contributed by atoms with Crippen molar-refractivity contribution < 1.29 is 17.5 Å². The summed E-state index contributed by atoms with van der Waals surface area (Å²) in [6.07, 6.45) is 0. The molecule has 0 saturated heterocycles. The van der Waals surface area contributed by atoms with Gasteiger partial charge in [0.15, 0.2) is 0 Å². The van der Waals surface area contributed by atoms with Crippen LogP contribution in [0.5, 0.6) is 5.75 Å². The van der Waals surface area contributed by atoms with Crippen molar-refractivity contribution in [2.75, 3.05) is 19.4 Å². The predicted molar refractivity (Wildman–Crippen MR) is 112 cm³/mol. The summed E-state index contributed by atoms with van der Waals surface area (Å²) in [5, 5.41) is 3.28. The molecule has 0 radical (unpaired) electrons. The Morgan fingerprint density at radius 2 is 1.66 bits per heavy atom. The lowest BCUT2D eigenvalue weighted by Gasteiger charge is -2.13. The second-order valence-corrected chi connectivity index (χ2v) is 8.88. The second-order valence-electron chi connectivity index (χ2n) is 6.73. The van der Waals surface area contributed by atoms with Crippen LogP contribution >= 0.6 is 0 Å². The zero-order valence-corrected chi connectivity index (χ0v) is 17.1. The van der Waals surface area contributed by atoms with Crippen LogP contribution in [0, 0.1) is 5.82 Å². The van der Waals surface area contributed by atoms with E-state index in [4.69, 9.17) is 4.74 Å². The highest BCUT2D eigenvalue weighted by Gasteiger charge is 2.17. The Hall–Kier alpha value is -2.90. The number of ether oxygens (including phenoxy) is 1. The lowest BCUT2D eigenvalue weighted by molar-refractivity contribution is 0.306. The van der Waals surface area contributed by atoms with Gasteiger partial charge in [-0.25, -0.2) is 17.1 Å². The fraction of sp³-hybridized carbons (Fsp3) is 0.182. The summed E-state index contributed by atoms with van der Waals surface area (Å²) in [7, 11) is -0.440. The quantitative estimate of drug-likeness (QED) is 0.598. The van der Waals surface area contributed by atoms with E-state index in [9.17, 15) is 12.8 Å². The summed E-state index contributed by atoms with van der Waals surface area (Å²) in [5.41, 5.74) is 2.58. The number of sulfonamides is 1. The normalized spacial score (nSPS) is 11.4. The molecular formula is C22H23FN2O3S. The van der Waals surface area contributed by atoms with Gasteiger partial charge in [0.1, 0.15) is 18.2 Å². The molecule has 152 valence electrons. The third kappa shape index (κ3) is 5.56. The van der Waals surface area contributed by atoms with E-state index in [0.717, 1.165) is 16.8 Å². The first-order valence-electron chi connectivity index (χ1n) is 9.07. The van der Waals surface area contributed by atoms with Gasteiger partial charge in [0.2, 0.25) is 10.0 Å². The van der Waals surface area contributed by atoms with Crippen LogP contribution in [0.4, 0.5) is 10.1 Å². The number of anilines is 1. The molecule has 0 heterocycles. The van der Waals surface area contributed by atoms with Crippen LogP contribution in [0.3, 0.4) is 0 Å². The molecule has 3 rings (SSSR count). The highest BCUT2D eigenvalue weighted by Crippen LogP contribution is 2.20. The summed E-state index contributed by atoms with van der Waals surface area (Å²) in [5.74, 6) is 0.408. The molecule has 29 heavy (non-hydrogen) atoms. The minimum Gasteiger partial charge on any atom is -0.489 e. The number of nitrogens with one attached hydrogen (secondary N) is 1. The average molecular weight is 415 g/mol. The fourth-order valence-electron chi connectivity index (χ4n) is 2.67. The van der Waals surface area contributed by atoms with Crippen LogP contribution in [-0.2, 0) is 23.2 Å². The molecule has 0 aromatic heterocycles. The van der Waals surface area contributed by atoms with Gasteiger partial charge in [-0.15, -0.1) is 0 Å². The SMILES string of the molecule is CN(C)S(=O)(=O)c1cccc(CNc2cccc(OCc3ccc(F)cc3)c2)c1. The largest absolute Gasteiger partial charge is 0.489 e. The molecule has 1 N–H and O–H groups in total. The van der Waals surface area contributed by atoms with Crippen molar-refractivity contribution in [3.8, 4) is 5.75 Å². The van der Waals surface area contributed by atoms with Crippen molar-refractivity contribution in [3.05, 3.63) is 89.7 Å². The van der Waals surface area contributed by atoms with E-state index in [1.807, 2.05) is 30.3 Å². The van der Waals surface area contributed by atoms with E-state index < -0.39 is 10.0 Å². The Labute approximate surface area is 170 Å². The van der Waals surface area contributed by atoms with Crippen LogP contribution in [0.15, 0.2) is 77.7 Å². The van der Waals surface area contributed by atoms with E-state index in [2.05, 4.69) is 5.32 Å². The smallest absolute Gasteiger partial charge is 0.242 e. The molecule has 3 aromatic carbocycles. The minimum absolute atomic E-state index is 0.262. The molecule has 0 saturated carbocycles. The second kappa shape index (κ2) is 9.07. The van der Waals surface area contributed by atoms with Crippen LogP contribution in [0.25, 0.3) is 0 Å². The average Bonchev–Trinajstić information content (AvgIpc) is 2.72. The summed E-state index contributed by atoms with van der Waals surface area (Å²) in [4.78, 5) is 0.262. The Morgan fingerprint density at radius 1 is 0.931 bits per heavy atom. The highest BCUT2D eigenvalue weighted by molar-refractivity contribution is 7.89. The molecule has 0 fully saturated rings. The number of benzene rings is 3. The molecule has 3 aromatic rings. The monoisotopic (exact) mass is 414 g/mol. The Bertz CT molecular complexity index is 1070. The molecule has 0 aliphatic carbocycles. The summed E-state index contributed by atoms with van der Waals surface area (Å²) < 4.78 is 44.5. The molecule has 0 spiro atoms. The van der Waals surface area contributed by atoms with Crippen molar-refractivity contribution in [1.82, 2.24) is 4.31 Å². The number of hydrogen-bond acceptors (Lipinski definition) is 4. The molecule has 0 aliphatic rings. The summed E-state index contributed by atoms with van der Waals surface area (Å²) >= 11 is 0. The van der Waals surface area contributed by atoms with Gasteiger partial charge in [0.05, 0.1) is 4.90 Å². The van der Waals surface area contributed by atoms with E-state index >= 15 is 0 Å². The molecule has 7 heteroatoms. The van der Waals surface area contributed by atoms with Gasteiger partial charge in [-0.3, -0.25) is 0 Å². The lowest BCUT2D eigenvalue weighted by Crippen LogP contribution is -2.22. The van der Waals surface area contributed by atoms with Crippen molar-refractivity contribution in [2.24, 2.45) is 0 Å². The molecule has 5 nitrogen and oxygen atoms in total. The Kier molecular flexibility index (Phi) is 6.51. The molecule has 0 amide bonds. The number of nitrogens with zero attached hydrogens (tertiary/aromatic N) is 1. The van der Waals surface area contributed by atoms with E-state index in [-0.39, 0.29) is 10.7 Å².